The molecule has 2 amide bonds. The molecule has 0 radical (unpaired) electrons. The second kappa shape index (κ2) is 9.34. The molecule has 1 atom stereocenters. The lowest BCUT2D eigenvalue weighted by Gasteiger charge is -2.36. The van der Waals surface area contributed by atoms with E-state index in [-0.39, 0.29) is 18.9 Å². The Morgan fingerprint density at radius 2 is 1.93 bits per heavy atom. The Morgan fingerprint density at radius 3 is 2.57 bits per heavy atom. The molecule has 1 N–H and O–H groups in total. The summed E-state index contributed by atoms with van der Waals surface area (Å²) in [5.41, 5.74) is 1.39. The summed E-state index contributed by atoms with van der Waals surface area (Å²) in [5, 5.41) is 2.58. The minimum atomic E-state index is -1.39. The average molecular weight is 388 g/mol. The van der Waals surface area contributed by atoms with Crippen LogP contribution in [0, 0.1) is 0 Å². The van der Waals surface area contributed by atoms with Gasteiger partial charge in [0.1, 0.15) is 5.75 Å². The zero-order chi connectivity index (χ0) is 19.9. The van der Waals surface area contributed by atoms with Crippen molar-refractivity contribution in [2.75, 3.05) is 44.2 Å². The van der Waals surface area contributed by atoms with Crippen LogP contribution in [0.5, 0.6) is 5.75 Å². The molecular weight excluding hydrogens is 363 g/mol. The van der Waals surface area contributed by atoms with E-state index in [4.69, 9.17) is 4.74 Å². The number of carbonyl (C=O) groups is 2. The number of amides is 2. The van der Waals surface area contributed by atoms with Crippen LogP contribution in [0.3, 0.4) is 0 Å². The first kappa shape index (κ1) is 19.9. The molecule has 0 spiro atoms. The number of carbonyl (C=O) groups excluding carboxylic acids is 2. The fourth-order valence-corrected chi connectivity index (χ4v) is 3.21. The number of nitrogens with zero attached hydrogens (tertiary/aromatic N) is 3. The summed E-state index contributed by atoms with van der Waals surface area (Å²) in [6, 6.07) is 7.92. The summed E-state index contributed by atoms with van der Waals surface area (Å²) in [5.74, 6) is 0.283. The Bertz CT molecular complexity index is 755. The van der Waals surface area contributed by atoms with Gasteiger partial charge in [0.2, 0.25) is 11.8 Å². The monoisotopic (exact) mass is 388 g/mol. The predicted octanol–water partition coefficient (Wildman–Crippen LogP) is 1.55. The predicted molar refractivity (Wildman–Crippen MR) is 106 cm³/mol. The molecule has 8 heteroatoms. The molecular formula is C20H25FN4O3. The number of hydrogen-bond donors (Lipinski definition) is 1. The largest absolute Gasteiger partial charge is 0.494 e. The summed E-state index contributed by atoms with van der Waals surface area (Å²) >= 11 is 0. The molecule has 7 nitrogen and oxygen atoms in total. The number of halogens is 1. The maximum absolute atomic E-state index is 13.2. The molecule has 2 heterocycles. The highest BCUT2D eigenvalue weighted by molar-refractivity contribution is 5.99. The number of ether oxygens (including phenoxy) is 1. The fourth-order valence-electron chi connectivity index (χ4n) is 3.21. The molecule has 0 saturated carbocycles. The Hall–Kier alpha value is -2.90. The molecule has 0 aliphatic carbocycles. The average Bonchev–Trinajstić information content (AvgIpc) is 2.73. The quantitative estimate of drug-likeness (QED) is 0.751. The van der Waals surface area contributed by atoms with Gasteiger partial charge in [-0.2, -0.15) is 0 Å². The number of hydrogen-bond acceptors (Lipinski definition) is 5. The van der Waals surface area contributed by atoms with E-state index in [0.717, 1.165) is 24.5 Å². The van der Waals surface area contributed by atoms with Crippen molar-refractivity contribution in [3.8, 4) is 5.75 Å². The highest BCUT2D eigenvalue weighted by Gasteiger charge is 2.23. The molecule has 1 aromatic carbocycles. The third-order valence-corrected chi connectivity index (χ3v) is 4.75. The lowest BCUT2D eigenvalue weighted by molar-refractivity contribution is -0.132. The van der Waals surface area contributed by atoms with Crippen LogP contribution in [-0.4, -0.2) is 68.6 Å². The van der Waals surface area contributed by atoms with Gasteiger partial charge >= 0.3 is 0 Å². The Balaban J connectivity index is 1.44. The van der Waals surface area contributed by atoms with Gasteiger partial charge in [-0.15, -0.1) is 0 Å². The van der Waals surface area contributed by atoms with Gasteiger partial charge in [-0.25, -0.2) is 4.39 Å². The normalized spacial score (nSPS) is 19.2. The topological polar surface area (TPSA) is 74.2 Å². The Labute approximate surface area is 163 Å². The van der Waals surface area contributed by atoms with Gasteiger partial charge in [-0.3, -0.25) is 14.6 Å². The molecule has 1 fully saturated rings. The molecule has 1 aromatic rings. The lowest BCUT2D eigenvalue weighted by Crippen LogP contribution is -2.51. The van der Waals surface area contributed by atoms with Gasteiger partial charge in [0, 0.05) is 50.1 Å². The van der Waals surface area contributed by atoms with Crippen LogP contribution in [0.1, 0.15) is 13.3 Å². The standard InChI is InChI=1S/C20H25FN4O3/c1-2-28-17-5-3-16(4-6-17)24-9-11-25(12-10-24)19(26)14-23-20(27)15-7-8-22-18(21)13-15/h3-8,18H,2,9-14H2,1H3,(H,23,27). The van der Waals surface area contributed by atoms with E-state index >= 15 is 0 Å². The van der Waals surface area contributed by atoms with Crippen LogP contribution >= 0.6 is 0 Å². The van der Waals surface area contributed by atoms with Gasteiger partial charge in [0.25, 0.3) is 0 Å². The van der Waals surface area contributed by atoms with E-state index in [2.05, 4.69) is 15.2 Å². The van der Waals surface area contributed by atoms with Crippen molar-refractivity contribution in [2.45, 2.75) is 19.6 Å². The van der Waals surface area contributed by atoms with E-state index in [9.17, 15) is 14.0 Å². The van der Waals surface area contributed by atoms with Gasteiger partial charge in [-0.05, 0) is 37.3 Å². The van der Waals surface area contributed by atoms with Crippen LogP contribution in [0.2, 0.25) is 0 Å². The summed E-state index contributed by atoms with van der Waals surface area (Å²) in [6.07, 6.45) is 1.31. The fraction of sp³-hybridized carbons (Fsp3) is 0.450. The van der Waals surface area contributed by atoms with Crippen molar-refractivity contribution in [3.05, 3.63) is 35.9 Å². The molecule has 150 valence electrons. The Morgan fingerprint density at radius 1 is 1.21 bits per heavy atom. The number of allylic oxidation sites excluding steroid dienone is 1. The van der Waals surface area contributed by atoms with Gasteiger partial charge in [0.15, 0.2) is 6.30 Å². The highest BCUT2D eigenvalue weighted by Crippen LogP contribution is 2.21. The van der Waals surface area contributed by atoms with Crippen LogP contribution < -0.4 is 15.0 Å². The van der Waals surface area contributed by atoms with Crippen LogP contribution in [0.25, 0.3) is 0 Å². The van der Waals surface area contributed by atoms with Crippen molar-refractivity contribution in [1.29, 1.82) is 0 Å². The minimum absolute atomic E-state index is 0.0582. The van der Waals surface area contributed by atoms with Crippen molar-refractivity contribution < 1.29 is 18.7 Å². The second-order valence-corrected chi connectivity index (χ2v) is 6.61. The summed E-state index contributed by atoms with van der Waals surface area (Å²) in [4.78, 5) is 31.9. The maximum Gasteiger partial charge on any atom is 0.247 e. The third kappa shape index (κ3) is 5.09. The van der Waals surface area contributed by atoms with Crippen molar-refractivity contribution in [1.82, 2.24) is 10.2 Å². The minimum Gasteiger partial charge on any atom is -0.494 e. The van der Waals surface area contributed by atoms with Gasteiger partial charge in [-0.1, -0.05) is 0 Å². The summed E-state index contributed by atoms with van der Waals surface area (Å²) < 4.78 is 18.7. The number of benzene rings is 1. The van der Waals surface area contributed by atoms with E-state index in [1.807, 2.05) is 31.2 Å². The van der Waals surface area contributed by atoms with Crippen molar-refractivity contribution >= 4 is 23.7 Å². The molecule has 2 aliphatic heterocycles. The van der Waals surface area contributed by atoms with Crippen molar-refractivity contribution in [2.24, 2.45) is 4.99 Å². The molecule has 0 aromatic heterocycles. The molecule has 1 unspecified atom stereocenters. The number of alkyl halides is 1. The molecule has 28 heavy (non-hydrogen) atoms. The number of rotatable bonds is 6. The van der Waals surface area contributed by atoms with E-state index in [1.165, 1.54) is 12.3 Å². The second-order valence-electron chi connectivity index (χ2n) is 6.61. The van der Waals surface area contributed by atoms with Crippen molar-refractivity contribution in [3.63, 3.8) is 0 Å². The van der Waals surface area contributed by atoms with E-state index in [1.54, 1.807) is 4.90 Å². The first-order valence-electron chi connectivity index (χ1n) is 9.47. The highest BCUT2D eigenvalue weighted by atomic mass is 19.1. The Kier molecular flexibility index (Phi) is 6.62. The number of anilines is 1. The molecule has 2 aliphatic rings. The number of dihydropyridines is 1. The first-order valence-corrected chi connectivity index (χ1v) is 9.47. The third-order valence-electron chi connectivity index (χ3n) is 4.75. The maximum atomic E-state index is 13.2. The van der Waals surface area contributed by atoms with Crippen LogP contribution in [0.4, 0.5) is 10.1 Å². The van der Waals surface area contributed by atoms with Gasteiger partial charge in [0.05, 0.1) is 13.2 Å². The first-order chi connectivity index (χ1) is 13.6. The zero-order valence-corrected chi connectivity index (χ0v) is 15.9. The molecule has 3 rings (SSSR count). The van der Waals surface area contributed by atoms with E-state index < -0.39 is 12.2 Å². The number of aliphatic imine (C=N–C) groups is 1. The number of piperazine rings is 1. The molecule has 1 saturated heterocycles. The molecule has 0 bridgehead atoms. The summed E-state index contributed by atoms with van der Waals surface area (Å²) in [7, 11) is 0. The SMILES string of the molecule is CCOc1ccc(N2CCN(C(=O)CNC(=O)C3=CC=NC(F)C3)CC2)cc1. The van der Waals surface area contributed by atoms with E-state index in [0.29, 0.717) is 25.3 Å². The lowest BCUT2D eigenvalue weighted by atomic mass is 10.1. The van der Waals surface area contributed by atoms with Crippen LogP contribution in [0.15, 0.2) is 40.9 Å². The number of nitrogens with one attached hydrogen (secondary N) is 1. The van der Waals surface area contributed by atoms with Gasteiger partial charge < -0.3 is 19.9 Å². The zero-order valence-electron chi connectivity index (χ0n) is 15.9. The summed E-state index contributed by atoms with van der Waals surface area (Å²) in [6.45, 7) is 5.11. The van der Waals surface area contributed by atoms with Crippen LogP contribution in [-0.2, 0) is 9.59 Å². The smallest absolute Gasteiger partial charge is 0.247 e.